The first kappa shape index (κ1) is 12.3. The molecule has 3 rings (SSSR count). The number of rotatable bonds is 3. The molecule has 2 nitrogen and oxygen atoms in total. The molecule has 0 radical (unpaired) electrons. The van der Waals surface area contributed by atoms with Crippen LogP contribution >= 0.6 is 27.3 Å². The van der Waals surface area contributed by atoms with E-state index >= 15 is 0 Å². The Morgan fingerprint density at radius 2 is 2.11 bits per heavy atom. The summed E-state index contributed by atoms with van der Waals surface area (Å²) in [6.07, 6.45) is 4.78. The third kappa shape index (κ3) is 2.24. The van der Waals surface area contributed by atoms with Gasteiger partial charge in [-0.3, -0.25) is 0 Å². The van der Waals surface area contributed by atoms with Gasteiger partial charge in [0.05, 0.1) is 4.83 Å². The summed E-state index contributed by atoms with van der Waals surface area (Å²) in [4.78, 5) is 0.332. The quantitative estimate of drug-likeness (QED) is 0.775. The largest absolute Gasteiger partial charge is 0.147 e. The van der Waals surface area contributed by atoms with Crippen LogP contribution in [0.5, 0.6) is 0 Å². The Bertz CT molecular complexity index is 565. The second-order valence-electron chi connectivity index (χ2n) is 4.66. The van der Waals surface area contributed by atoms with Gasteiger partial charge in [0.1, 0.15) is 10.0 Å². The molecule has 1 atom stereocenters. The second kappa shape index (κ2) is 5.10. The van der Waals surface area contributed by atoms with Crippen LogP contribution in [-0.4, -0.2) is 10.2 Å². The summed E-state index contributed by atoms with van der Waals surface area (Å²) in [5.41, 5.74) is 4.22. The Morgan fingerprint density at radius 3 is 2.94 bits per heavy atom. The molecule has 1 unspecified atom stereocenters. The Balaban J connectivity index is 1.92. The number of nitrogens with zero attached hydrogens (tertiary/aromatic N) is 2. The van der Waals surface area contributed by atoms with Gasteiger partial charge in [-0.15, -0.1) is 10.2 Å². The van der Waals surface area contributed by atoms with Gasteiger partial charge in [0, 0.05) is 5.56 Å². The van der Waals surface area contributed by atoms with Gasteiger partial charge in [0.25, 0.3) is 0 Å². The summed E-state index contributed by atoms with van der Waals surface area (Å²) in [7, 11) is 0. The molecule has 0 amide bonds. The molecule has 4 heteroatoms. The number of hydrogen-bond acceptors (Lipinski definition) is 3. The van der Waals surface area contributed by atoms with Crippen molar-refractivity contribution in [3.8, 4) is 10.6 Å². The van der Waals surface area contributed by atoms with Gasteiger partial charge >= 0.3 is 0 Å². The zero-order valence-electron chi connectivity index (χ0n) is 10.3. The molecular formula is C14H15BrN2S. The molecule has 1 aliphatic rings. The Morgan fingerprint density at radius 1 is 1.28 bits per heavy atom. The van der Waals surface area contributed by atoms with E-state index in [2.05, 4.69) is 51.3 Å². The zero-order valence-corrected chi connectivity index (χ0v) is 12.7. The zero-order chi connectivity index (χ0) is 12.5. The Hall–Kier alpha value is -0.740. The highest BCUT2D eigenvalue weighted by atomic mass is 79.9. The first-order chi connectivity index (χ1) is 8.78. The smallest absolute Gasteiger partial charge is 0.142 e. The van der Waals surface area contributed by atoms with Crippen LogP contribution in [0.3, 0.4) is 0 Å². The van der Waals surface area contributed by atoms with Crippen molar-refractivity contribution < 1.29 is 0 Å². The maximum absolute atomic E-state index is 4.32. The molecule has 0 saturated carbocycles. The number of benzene rings is 1. The highest BCUT2D eigenvalue weighted by Gasteiger charge is 2.15. The predicted octanol–water partition coefficient (Wildman–Crippen LogP) is 4.54. The molecule has 18 heavy (non-hydrogen) atoms. The van der Waals surface area contributed by atoms with Crippen molar-refractivity contribution in [2.75, 3.05) is 0 Å². The fourth-order valence-electron chi connectivity index (χ4n) is 2.36. The Labute approximate surface area is 120 Å². The average molecular weight is 323 g/mol. The van der Waals surface area contributed by atoms with E-state index in [9.17, 15) is 0 Å². The molecular weight excluding hydrogens is 308 g/mol. The normalized spacial score (nSPS) is 15.7. The standard InChI is InChI=1S/C14H15BrN2S/c1-2-12(15)14-17-16-13(18-14)11-7-6-9-4-3-5-10(9)8-11/h6-8,12H,2-5H2,1H3. The van der Waals surface area contributed by atoms with Crippen LogP contribution in [0.1, 0.15) is 40.7 Å². The molecule has 1 aliphatic carbocycles. The van der Waals surface area contributed by atoms with Gasteiger partial charge < -0.3 is 0 Å². The van der Waals surface area contributed by atoms with Crippen LogP contribution in [0.2, 0.25) is 0 Å². The Kier molecular flexibility index (Phi) is 3.48. The van der Waals surface area contributed by atoms with Gasteiger partial charge in [0.2, 0.25) is 0 Å². The summed E-state index contributed by atoms with van der Waals surface area (Å²) in [6.45, 7) is 2.15. The van der Waals surface area contributed by atoms with E-state index in [0.29, 0.717) is 4.83 Å². The van der Waals surface area contributed by atoms with Gasteiger partial charge in [0.15, 0.2) is 0 Å². The highest BCUT2D eigenvalue weighted by molar-refractivity contribution is 9.09. The van der Waals surface area contributed by atoms with Crippen molar-refractivity contribution in [3.05, 3.63) is 34.3 Å². The molecule has 0 aliphatic heterocycles. The number of aryl methyl sites for hydroxylation is 2. The number of alkyl halides is 1. The molecule has 0 bridgehead atoms. The molecule has 2 aromatic rings. The summed E-state index contributed by atoms with van der Waals surface area (Å²) < 4.78 is 0. The van der Waals surface area contributed by atoms with Crippen LogP contribution in [0, 0.1) is 0 Å². The van der Waals surface area contributed by atoms with E-state index < -0.39 is 0 Å². The predicted molar refractivity (Wildman–Crippen MR) is 79.3 cm³/mol. The van der Waals surface area contributed by atoms with E-state index in [1.54, 1.807) is 11.3 Å². The fourth-order valence-corrected chi connectivity index (χ4v) is 3.63. The molecule has 1 aromatic heterocycles. The van der Waals surface area contributed by atoms with Gasteiger partial charge in [-0.1, -0.05) is 46.3 Å². The van der Waals surface area contributed by atoms with Gasteiger partial charge in [-0.05, 0) is 42.9 Å². The second-order valence-corrected chi connectivity index (χ2v) is 6.77. The van der Waals surface area contributed by atoms with Crippen molar-refractivity contribution in [2.45, 2.75) is 37.4 Å². The van der Waals surface area contributed by atoms with Crippen LogP contribution < -0.4 is 0 Å². The lowest BCUT2D eigenvalue weighted by Gasteiger charge is -2.01. The summed E-state index contributed by atoms with van der Waals surface area (Å²) >= 11 is 5.32. The van der Waals surface area contributed by atoms with Crippen molar-refractivity contribution in [2.24, 2.45) is 0 Å². The van der Waals surface area contributed by atoms with E-state index in [-0.39, 0.29) is 0 Å². The van der Waals surface area contributed by atoms with Crippen LogP contribution in [0.15, 0.2) is 18.2 Å². The van der Waals surface area contributed by atoms with Crippen LogP contribution in [0.25, 0.3) is 10.6 Å². The van der Waals surface area contributed by atoms with Crippen molar-refractivity contribution in [1.82, 2.24) is 10.2 Å². The molecule has 0 saturated heterocycles. The molecule has 0 N–H and O–H groups in total. The maximum Gasteiger partial charge on any atom is 0.147 e. The molecule has 1 aromatic carbocycles. The third-order valence-electron chi connectivity index (χ3n) is 3.41. The molecule has 1 heterocycles. The topological polar surface area (TPSA) is 25.8 Å². The van der Waals surface area contributed by atoms with Crippen molar-refractivity contribution >= 4 is 27.3 Å². The number of fused-ring (bicyclic) bond motifs is 1. The van der Waals surface area contributed by atoms with Gasteiger partial charge in [-0.25, -0.2) is 0 Å². The van der Waals surface area contributed by atoms with Crippen LogP contribution in [0.4, 0.5) is 0 Å². The SMILES string of the molecule is CCC(Br)c1nnc(-c2ccc3c(c2)CCC3)s1. The van der Waals surface area contributed by atoms with E-state index in [0.717, 1.165) is 16.4 Å². The third-order valence-corrected chi connectivity index (χ3v) is 5.88. The summed E-state index contributed by atoms with van der Waals surface area (Å²) in [5, 5.41) is 10.7. The molecule has 94 valence electrons. The van der Waals surface area contributed by atoms with Crippen molar-refractivity contribution in [3.63, 3.8) is 0 Å². The lowest BCUT2D eigenvalue weighted by atomic mass is 10.1. The van der Waals surface area contributed by atoms with E-state index in [4.69, 9.17) is 0 Å². The maximum atomic E-state index is 4.32. The monoisotopic (exact) mass is 322 g/mol. The van der Waals surface area contributed by atoms with E-state index in [1.807, 2.05) is 0 Å². The lowest BCUT2D eigenvalue weighted by Crippen LogP contribution is -1.85. The number of aromatic nitrogens is 2. The minimum atomic E-state index is 0.332. The van der Waals surface area contributed by atoms with Gasteiger partial charge in [-0.2, -0.15) is 0 Å². The van der Waals surface area contributed by atoms with Crippen molar-refractivity contribution in [1.29, 1.82) is 0 Å². The number of hydrogen-bond donors (Lipinski definition) is 0. The molecule has 0 spiro atoms. The summed E-state index contributed by atoms with van der Waals surface area (Å²) in [5.74, 6) is 0. The van der Waals surface area contributed by atoms with Crippen LogP contribution in [-0.2, 0) is 12.8 Å². The minimum absolute atomic E-state index is 0.332. The number of halogens is 1. The van der Waals surface area contributed by atoms with E-state index in [1.165, 1.54) is 36.0 Å². The minimum Gasteiger partial charge on any atom is -0.142 e. The lowest BCUT2D eigenvalue weighted by molar-refractivity contribution is 0.870. The fraction of sp³-hybridized carbons (Fsp3) is 0.429. The summed E-state index contributed by atoms with van der Waals surface area (Å²) in [6, 6.07) is 6.73. The average Bonchev–Trinajstić information content (AvgIpc) is 3.05. The molecule has 0 fully saturated rings. The first-order valence-electron chi connectivity index (χ1n) is 6.37. The first-order valence-corrected chi connectivity index (χ1v) is 8.11. The highest BCUT2D eigenvalue weighted by Crippen LogP contribution is 2.34.